The summed E-state index contributed by atoms with van der Waals surface area (Å²) in [6, 6.07) is 10.3. The van der Waals surface area contributed by atoms with E-state index in [1.807, 2.05) is 17.0 Å². The molecule has 0 spiro atoms. The molecule has 0 saturated carbocycles. The number of thiazole rings is 1. The third-order valence-corrected chi connectivity index (χ3v) is 6.71. The quantitative estimate of drug-likeness (QED) is 0.522. The topological polar surface area (TPSA) is 62.7 Å². The summed E-state index contributed by atoms with van der Waals surface area (Å²) in [4.78, 5) is 33.4. The van der Waals surface area contributed by atoms with Gasteiger partial charge in [-0.25, -0.2) is 9.78 Å². The first kappa shape index (κ1) is 20.9. The van der Waals surface area contributed by atoms with Crippen LogP contribution in [0.4, 0.5) is 5.13 Å². The SMILES string of the molecule is CCOC(=O)c1ccc2nc(N3CCN(C(=O)c4ccc(Cl)c(Cl)c4)CC3)sc2c1. The van der Waals surface area contributed by atoms with Gasteiger partial charge < -0.3 is 14.5 Å². The molecule has 0 radical (unpaired) electrons. The third kappa shape index (κ3) is 4.24. The largest absolute Gasteiger partial charge is 0.462 e. The molecule has 2 aromatic carbocycles. The Morgan fingerprint density at radius 2 is 1.77 bits per heavy atom. The number of hydrogen-bond donors (Lipinski definition) is 0. The molecule has 1 aromatic heterocycles. The highest BCUT2D eigenvalue weighted by atomic mass is 35.5. The van der Waals surface area contributed by atoms with Crippen molar-refractivity contribution in [2.24, 2.45) is 0 Å². The molecule has 1 saturated heterocycles. The van der Waals surface area contributed by atoms with E-state index in [9.17, 15) is 9.59 Å². The number of aromatic nitrogens is 1. The predicted octanol–water partition coefficient (Wildman–Crippen LogP) is 4.74. The molecule has 0 bridgehead atoms. The Kier molecular flexibility index (Phi) is 6.13. The summed E-state index contributed by atoms with van der Waals surface area (Å²) in [5.41, 5.74) is 1.90. The number of piperazine rings is 1. The number of halogens is 2. The maximum absolute atomic E-state index is 12.8. The Labute approximate surface area is 188 Å². The van der Waals surface area contributed by atoms with Crippen LogP contribution < -0.4 is 4.90 Å². The minimum Gasteiger partial charge on any atom is -0.462 e. The Morgan fingerprint density at radius 3 is 2.47 bits per heavy atom. The zero-order valence-electron chi connectivity index (χ0n) is 16.2. The Bertz CT molecular complexity index is 1110. The number of benzene rings is 2. The molecule has 1 aliphatic rings. The highest BCUT2D eigenvalue weighted by Crippen LogP contribution is 2.31. The lowest BCUT2D eigenvalue weighted by Gasteiger charge is -2.34. The second kappa shape index (κ2) is 8.79. The number of ether oxygens (including phenoxy) is 1. The van der Waals surface area contributed by atoms with Crippen LogP contribution in [-0.4, -0.2) is 54.5 Å². The molecule has 6 nitrogen and oxygen atoms in total. The van der Waals surface area contributed by atoms with Gasteiger partial charge in [0.15, 0.2) is 5.13 Å². The summed E-state index contributed by atoms with van der Waals surface area (Å²) >= 11 is 13.5. The standard InChI is InChI=1S/C21H19Cl2N3O3S/c1-2-29-20(28)14-4-6-17-18(12-14)30-21(24-17)26-9-7-25(8-10-26)19(27)13-3-5-15(22)16(23)11-13/h3-6,11-12H,2,7-10H2,1H3. The molecule has 0 aliphatic carbocycles. The summed E-state index contributed by atoms with van der Waals surface area (Å²) in [5, 5.41) is 1.69. The Balaban J connectivity index is 1.44. The average molecular weight is 464 g/mol. The molecule has 2 heterocycles. The van der Waals surface area contributed by atoms with E-state index in [-0.39, 0.29) is 11.9 Å². The van der Waals surface area contributed by atoms with Gasteiger partial charge in [-0.3, -0.25) is 4.79 Å². The Morgan fingerprint density at radius 1 is 1.03 bits per heavy atom. The first-order valence-corrected chi connectivity index (χ1v) is 11.1. The van der Waals surface area contributed by atoms with E-state index >= 15 is 0 Å². The van der Waals surface area contributed by atoms with Crippen LogP contribution in [-0.2, 0) is 4.74 Å². The molecule has 0 unspecified atom stereocenters. The van der Waals surface area contributed by atoms with Gasteiger partial charge in [0, 0.05) is 31.7 Å². The van der Waals surface area contributed by atoms with Gasteiger partial charge in [0.2, 0.25) is 0 Å². The number of anilines is 1. The van der Waals surface area contributed by atoms with Gasteiger partial charge in [0.05, 0.1) is 32.4 Å². The van der Waals surface area contributed by atoms with Crippen LogP contribution in [0.15, 0.2) is 36.4 Å². The summed E-state index contributed by atoms with van der Waals surface area (Å²) in [6.45, 7) is 4.66. The zero-order chi connectivity index (χ0) is 21.3. The second-order valence-electron chi connectivity index (χ2n) is 6.81. The maximum atomic E-state index is 12.8. The van der Waals surface area contributed by atoms with Gasteiger partial charge in [-0.1, -0.05) is 34.5 Å². The van der Waals surface area contributed by atoms with Gasteiger partial charge in [0.1, 0.15) is 0 Å². The van der Waals surface area contributed by atoms with Gasteiger partial charge in [-0.05, 0) is 43.3 Å². The Hall–Kier alpha value is -2.35. The lowest BCUT2D eigenvalue weighted by atomic mass is 10.2. The molecular formula is C21H19Cl2N3O3S. The lowest BCUT2D eigenvalue weighted by molar-refractivity contribution is 0.0526. The summed E-state index contributed by atoms with van der Waals surface area (Å²) < 4.78 is 6.00. The predicted molar refractivity (Wildman–Crippen MR) is 120 cm³/mol. The molecule has 30 heavy (non-hydrogen) atoms. The molecule has 4 rings (SSSR count). The van der Waals surface area contributed by atoms with Crippen LogP contribution in [0.3, 0.4) is 0 Å². The number of amides is 1. The van der Waals surface area contributed by atoms with Gasteiger partial charge in [0.25, 0.3) is 5.91 Å². The smallest absolute Gasteiger partial charge is 0.338 e. The molecule has 156 valence electrons. The van der Waals surface area contributed by atoms with E-state index in [1.54, 1.807) is 31.2 Å². The number of hydrogen-bond acceptors (Lipinski definition) is 6. The first-order chi connectivity index (χ1) is 14.5. The highest BCUT2D eigenvalue weighted by molar-refractivity contribution is 7.22. The van der Waals surface area contributed by atoms with Crippen LogP contribution in [0.2, 0.25) is 10.0 Å². The fourth-order valence-corrected chi connectivity index (χ4v) is 4.66. The number of esters is 1. The zero-order valence-corrected chi connectivity index (χ0v) is 18.6. The van der Waals surface area contributed by atoms with Crippen molar-refractivity contribution in [1.82, 2.24) is 9.88 Å². The number of nitrogens with zero attached hydrogens (tertiary/aromatic N) is 3. The molecule has 1 amide bonds. The first-order valence-electron chi connectivity index (χ1n) is 9.53. The highest BCUT2D eigenvalue weighted by Gasteiger charge is 2.24. The van der Waals surface area contributed by atoms with E-state index in [0.29, 0.717) is 54.0 Å². The van der Waals surface area contributed by atoms with E-state index in [2.05, 4.69) is 9.88 Å². The van der Waals surface area contributed by atoms with Crippen LogP contribution >= 0.6 is 34.5 Å². The number of fused-ring (bicyclic) bond motifs is 1. The average Bonchev–Trinajstić information content (AvgIpc) is 3.19. The molecule has 3 aromatic rings. The van der Waals surface area contributed by atoms with Crippen LogP contribution in [0.5, 0.6) is 0 Å². The van der Waals surface area contributed by atoms with Gasteiger partial charge in [-0.2, -0.15) is 0 Å². The lowest BCUT2D eigenvalue weighted by Crippen LogP contribution is -2.48. The van der Waals surface area contributed by atoms with E-state index in [0.717, 1.165) is 15.3 Å². The number of carbonyl (C=O) groups is 2. The fraction of sp³-hybridized carbons (Fsp3) is 0.286. The molecule has 9 heteroatoms. The van der Waals surface area contributed by atoms with Crippen molar-refractivity contribution in [3.8, 4) is 0 Å². The van der Waals surface area contributed by atoms with Gasteiger partial charge >= 0.3 is 5.97 Å². The van der Waals surface area contributed by atoms with Crippen LogP contribution in [0, 0.1) is 0 Å². The van der Waals surface area contributed by atoms with Crippen molar-refractivity contribution >= 4 is 61.8 Å². The van der Waals surface area contributed by atoms with E-state index in [4.69, 9.17) is 27.9 Å². The summed E-state index contributed by atoms with van der Waals surface area (Å²) in [6.07, 6.45) is 0. The van der Waals surface area contributed by atoms with Crippen LogP contribution in [0.1, 0.15) is 27.6 Å². The van der Waals surface area contributed by atoms with Gasteiger partial charge in [-0.15, -0.1) is 0 Å². The van der Waals surface area contributed by atoms with Crippen molar-refractivity contribution in [1.29, 1.82) is 0 Å². The summed E-state index contributed by atoms with van der Waals surface area (Å²) in [7, 11) is 0. The molecule has 1 fully saturated rings. The maximum Gasteiger partial charge on any atom is 0.338 e. The van der Waals surface area contributed by atoms with Crippen molar-refractivity contribution in [3.05, 3.63) is 57.6 Å². The van der Waals surface area contributed by atoms with E-state index < -0.39 is 0 Å². The van der Waals surface area contributed by atoms with Crippen molar-refractivity contribution in [3.63, 3.8) is 0 Å². The third-order valence-electron chi connectivity index (χ3n) is 4.89. The summed E-state index contributed by atoms with van der Waals surface area (Å²) in [5.74, 6) is -0.389. The molecule has 1 aliphatic heterocycles. The number of carbonyl (C=O) groups excluding carboxylic acids is 2. The van der Waals surface area contributed by atoms with Crippen molar-refractivity contribution in [2.45, 2.75) is 6.92 Å². The monoisotopic (exact) mass is 463 g/mol. The fourth-order valence-electron chi connectivity index (χ4n) is 3.30. The minimum atomic E-state index is -0.330. The molecule has 0 atom stereocenters. The van der Waals surface area contributed by atoms with Crippen LogP contribution in [0.25, 0.3) is 10.2 Å². The molecular weight excluding hydrogens is 445 g/mol. The second-order valence-corrected chi connectivity index (χ2v) is 8.63. The van der Waals surface area contributed by atoms with Crippen molar-refractivity contribution < 1.29 is 14.3 Å². The molecule has 0 N–H and O–H groups in total. The van der Waals surface area contributed by atoms with E-state index in [1.165, 1.54) is 11.3 Å². The minimum absolute atomic E-state index is 0.0587. The van der Waals surface area contributed by atoms with Crippen molar-refractivity contribution in [2.75, 3.05) is 37.7 Å². The normalized spacial score (nSPS) is 14.2. The number of rotatable bonds is 4.